The molecular weight excluding hydrogens is 362 g/mol. The molecule has 1 atom stereocenters. The highest BCUT2D eigenvalue weighted by molar-refractivity contribution is 7.93. The summed E-state index contributed by atoms with van der Waals surface area (Å²) in [5.74, 6) is -0.798. The molecule has 0 amide bonds. The van der Waals surface area contributed by atoms with Crippen LogP contribution >= 0.6 is 0 Å². The number of esters is 1. The minimum absolute atomic E-state index is 0.132. The number of H-pyrrole nitrogens is 2. The zero-order valence-electron chi connectivity index (χ0n) is 14.7. The van der Waals surface area contributed by atoms with Crippen LogP contribution in [-0.2, 0) is 19.6 Å². The summed E-state index contributed by atoms with van der Waals surface area (Å²) >= 11 is 0. The third-order valence-electron chi connectivity index (χ3n) is 3.77. The predicted octanol–water partition coefficient (Wildman–Crippen LogP) is 0.437. The molecular formula is C16H19N3O6S. The maximum Gasteiger partial charge on any atom is 0.329 e. The molecule has 0 spiro atoms. The number of nitrogens with one attached hydrogen (secondary N) is 2. The number of hydrogen-bond donors (Lipinski definition) is 2. The van der Waals surface area contributed by atoms with Crippen molar-refractivity contribution in [1.29, 1.82) is 0 Å². The molecule has 1 aromatic carbocycles. The van der Waals surface area contributed by atoms with Gasteiger partial charge in [-0.05, 0) is 32.9 Å². The molecule has 0 radical (unpaired) electrons. The summed E-state index contributed by atoms with van der Waals surface area (Å²) in [5.41, 5.74) is -0.962. The number of carbonyl (C=O) groups excluding carboxylic acids is 1. The number of ether oxygens (including phenoxy) is 1. The van der Waals surface area contributed by atoms with E-state index >= 15 is 0 Å². The number of carbonyl (C=O) groups is 1. The lowest BCUT2D eigenvalue weighted by Crippen LogP contribution is -2.46. The highest BCUT2D eigenvalue weighted by atomic mass is 32.2. The fraction of sp³-hybridized carbons (Fsp3) is 0.312. The van der Waals surface area contributed by atoms with Crippen molar-refractivity contribution in [3.8, 4) is 0 Å². The molecule has 2 aromatic rings. The van der Waals surface area contributed by atoms with Crippen LogP contribution in [-0.4, -0.2) is 37.5 Å². The highest BCUT2D eigenvalue weighted by Crippen LogP contribution is 2.26. The summed E-state index contributed by atoms with van der Waals surface area (Å²) < 4.78 is 31.9. The van der Waals surface area contributed by atoms with E-state index in [9.17, 15) is 22.8 Å². The first-order valence-electron chi connectivity index (χ1n) is 7.61. The van der Waals surface area contributed by atoms with Gasteiger partial charge in [-0.15, -0.1) is 0 Å². The van der Waals surface area contributed by atoms with Gasteiger partial charge in [0.25, 0.3) is 15.6 Å². The van der Waals surface area contributed by atoms with Gasteiger partial charge in [-0.25, -0.2) is 18.0 Å². The molecule has 2 N–H and O–H groups in total. The molecule has 1 aromatic heterocycles. The van der Waals surface area contributed by atoms with Gasteiger partial charge in [0.2, 0.25) is 0 Å². The van der Waals surface area contributed by atoms with Gasteiger partial charge in [0.15, 0.2) is 4.90 Å². The summed E-state index contributed by atoms with van der Waals surface area (Å²) in [5, 5.41) is 0. The predicted molar refractivity (Wildman–Crippen MR) is 94.7 cm³/mol. The van der Waals surface area contributed by atoms with Crippen LogP contribution in [0.3, 0.4) is 0 Å². The van der Waals surface area contributed by atoms with Crippen molar-refractivity contribution in [3.05, 3.63) is 56.4 Å². The Balaban J connectivity index is 2.76. The van der Waals surface area contributed by atoms with Gasteiger partial charge in [-0.1, -0.05) is 17.7 Å². The number of methoxy groups -OCH3 is 1. The number of hydrogen-bond acceptors (Lipinski definition) is 6. The van der Waals surface area contributed by atoms with E-state index in [1.807, 2.05) is 11.9 Å². The Morgan fingerprint density at radius 3 is 2.19 bits per heavy atom. The monoisotopic (exact) mass is 381 g/mol. The van der Waals surface area contributed by atoms with Crippen LogP contribution in [0.2, 0.25) is 0 Å². The Hall–Kier alpha value is -2.88. The fourth-order valence-electron chi connectivity index (χ4n) is 2.53. The number of anilines is 1. The van der Waals surface area contributed by atoms with Crippen molar-refractivity contribution < 1.29 is 17.9 Å². The van der Waals surface area contributed by atoms with Gasteiger partial charge in [-0.2, -0.15) is 0 Å². The quantitative estimate of drug-likeness (QED) is 0.723. The number of aryl methyl sites for hydroxylation is 2. The van der Waals surface area contributed by atoms with Crippen molar-refractivity contribution in [2.45, 2.75) is 31.7 Å². The van der Waals surface area contributed by atoms with Crippen molar-refractivity contribution in [2.24, 2.45) is 0 Å². The summed E-state index contributed by atoms with van der Waals surface area (Å²) in [6.07, 6.45) is 0. The van der Waals surface area contributed by atoms with Crippen LogP contribution in [0.4, 0.5) is 5.69 Å². The summed E-state index contributed by atoms with van der Waals surface area (Å²) in [6.45, 7) is 4.46. The number of benzene rings is 1. The molecule has 0 aliphatic rings. The Kier molecular flexibility index (Phi) is 5.36. The lowest BCUT2D eigenvalue weighted by atomic mass is 10.2. The number of aromatic nitrogens is 2. The maximum absolute atomic E-state index is 13.2. The van der Waals surface area contributed by atoms with E-state index in [0.717, 1.165) is 17.0 Å². The third-order valence-corrected chi connectivity index (χ3v) is 5.83. The minimum Gasteiger partial charge on any atom is -0.467 e. The largest absolute Gasteiger partial charge is 0.467 e. The van der Waals surface area contributed by atoms with E-state index in [1.165, 1.54) is 26.0 Å². The number of rotatable bonds is 5. The first-order chi connectivity index (χ1) is 12.1. The average molecular weight is 381 g/mol. The molecule has 10 heteroatoms. The first kappa shape index (κ1) is 19.4. The lowest BCUT2D eigenvalue weighted by molar-refractivity contribution is -0.141. The summed E-state index contributed by atoms with van der Waals surface area (Å²) in [7, 11) is -3.35. The molecule has 2 rings (SSSR count). The number of sulfonamides is 1. The second-order valence-electron chi connectivity index (χ2n) is 5.70. The van der Waals surface area contributed by atoms with Crippen LogP contribution in [0.1, 0.15) is 18.2 Å². The van der Waals surface area contributed by atoms with E-state index < -0.39 is 38.2 Å². The Morgan fingerprint density at radius 1 is 1.12 bits per heavy atom. The highest BCUT2D eigenvalue weighted by Gasteiger charge is 2.37. The van der Waals surface area contributed by atoms with Gasteiger partial charge in [0, 0.05) is 5.69 Å². The molecule has 0 unspecified atom stereocenters. The van der Waals surface area contributed by atoms with Gasteiger partial charge in [-0.3, -0.25) is 14.1 Å². The van der Waals surface area contributed by atoms with Crippen LogP contribution in [0, 0.1) is 13.8 Å². The SMILES string of the molecule is COC(=O)[C@@H](C)N(c1ccc(C)cc1)S(=O)(=O)c1c(C)[nH]c(=O)[nH]c1=O. The fourth-order valence-corrected chi connectivity index (χ4v) is 4.35. The molecule has 0 bridgehead atoms. The smallest absolute Gasteiger partial charge is 0.329 e. The van der Waals surface area contributed by atoms with Gasteiger partial charge in [0.1, 0.15) is 6.04 Å². The van der Waals surface area contributed by atoms with E-state index in [1.54, 1.807) is 12.1 Å². The standard InChI is InChI=1S/C16H19N3O6S/c1-9-5-7-12(8-6-9)19(11(3)15(21)25-4)26(23,24)13-10(2)17-16(22)18-14(13)20/h5-8,11H,1-4H3,(H2,17,18,20,22)/t11-/m1/s1. The van der Waals surface area contributed by atoms with Crippen molar-refractivity contribution in [2.75, 3.05) is 11.4 Å². The molecule has 0 saturated heterocycles. The van der Waals surface area contributed by atoms with Crippen molar-refractivity contribution >= 4 is 21.7 Å². The molecule has 9 nitrogen and oxygen atoms in total. The van der Waals surface area contributed by atoms with Crippen LogP contribution in [0.5, 0.6) is 0 Å². The normalized spacial score (nSPS) is 12.5. The lowest BCUT2D eigenvalue weighted by Gasteiger charge is -2.28. The maximum atomic E-state index is 13.2. The third kappa shape index (κ3) is 3.54. The molecule has 26 heavy (non-hydrogen) atoms. The summed E-state index contributed by atoms with van der Waals surface area (Å²) in [4.78, 5) is 39.0. The molecule has 1 heterocycles. The van der Waals surface area contributed by atoms with E-state index in [4.69, 9.17) is 0 Å². The van der Waals surface area contributed by atoms with Crippen molar-refractivity contribution in [1.82, 2.24) is 9.97 Å². The Labute approximate surface area is 149 Å². The second kappa shape index (κ2) is 7.16. The zero-order chi connectivity index (χ0) is 19.6. The zero-order valence-corrected chi connectivity index (χ0v) is 15.5. The van der Waals surface area contributed by atoms with Crippen LogP contribution in [0.15, 0.2) is 38.8 Å². The number of nitrogens with zero attached hydrogens (tertiary/aromatic N) is 1. The van der Waals surface area contributed by atoms with Gasteiger partial charge in [0.05, 0.1) is 12.8 Å². The van der Waals surface area contributed by atoms with E-state index in [2.05, 4.69) is 9.72 Å². The van der Waals surface area contributed by atoms with Crippen molar-refractivity contribution in [3.63, 3.8) is 0 Å². The second-order valence-corrected chi connectivity index (χ2v) is 7.45. The van der Waals surface area contributed by atoms with Crippen LogP contribution in [0.25, 0.3) is 0 Å². The number of aromatic amines is 2. The molecule has 0 fully saturated rings. The van der Waals surface area contributed by atoms with E-state index in [0.29, 0.717) is 0 Å². The first-order valence-corrected chi connectivity index (χ1v) is 9.05. The topological polar surface area (TPSA) is 129 Å². The van der Waals surface area contributed by atoms with Crippen LogP contribution < -0.4 is 15.6 Å². The average Bonchev–Trinajstić information content (AvgIpc) is 2.54. The molecule has 0 saturated carbocycles. The van der Waals surface area contributed by atoms with Gasteiger partial charge < -0.3 is 9.72 Å². The van der Waals surface area contributed by atoms with E-state index in [-0.39, 0.29) is 11.4 Å². The Bertz CT molecular complexity index is 1040. The molecule has 140 valence electrons. The summed E-state index contributed by atoms with van der Waals surface area (Å²) in [6, 6.07) is 5.14. The minimum atomic E-state index is -4.48. The molecule has 0 aliphatic heterocycles. The van der Waals surface area contributed by atoms with Gasteiger partial charge >= 0.3 is 11.7 Å². The molecule has 0 aliphatic carbocycles. The Morgan fingerprint density at radius 2 is 1.69 bits per heavy atom.